The molecule has 7 heterocycles. The quantitative estimate of drug-likeness (QED) is 0.0903. The second-order valence-corrected chi connectivity index (χ2v) is 11.0. The van der Waals surface area contributed by atoms with E-state index in [1.807, 2.05) is 144 Å². The molecule has 0 atom stereocenters. The van der Waals surface area contributed by atoms with Crippen LogP contribution < -0.4 is 21.3 Å². The van der Waals surface area contributed by atoms with Crippen molar-refractivity contribution in [2.24, 2.45) is 0 Å². The van der Waals surface area contributed by atoms with E-state index in [4.69, 9.17) is 0 Å². The molecule has 7 aromatic heterocycles. The lowest BCUT2D eigenvalue weighted by molar-refractivity contribution is 0.838. The van der Waals surface area contributed by atoms with E-state index in [0.29, 0.717) is 29.6 Å². The van der Waals surface area contributed by atoms with Crippen molar-refractivity contribution >= 4 is 23.8 Å². The lowest BCUT2D eigenvalue weighted by atomic mass is 10.3. The van der Waals surface area contributed by atoms with Crippen LogP contribution in [0.1, 0.15) is 83.1 Å². The molecule has 64 heavy (non-hydrogen) atoms. The van der Waals surface area contributed by atoms with Gasteiger partial charge in [0, 0.05) is 57.0 Å². The van der Waals surface area contributed by atoms with Gasteiger partial charge in [-0.05, 0) is 64.1 Å². The van der Waals surface area contributed by atoms with Crippen LogP contribution in [0.4, 0.5) is 23.8 Å². The first-order valence-corrected chi connectivity index (χ1v) is 21.9. The topological polar surface area (TPSA) is 223 Å². The second kappa shape index (κ2) is 35.0. The van der Waals surface area contributed by atoms with E-state index in [-0.39, 0.29) is 0 Å². The highest BCUT2D eigenvalue weighted by Gasteiger charge is 2.03. The first kappa shape index (κ1) is 54.4. The highest BCUT2D eigenvalue weighted by atomic mass is 15.4. The van der Waals surface area contributed by atoms with Gasteiger partial charge in [0.15, 0.2) is 11.6 Å². The molecule has 0 amide bonds. The molecule has 0 aliphatic heterocycles. The van der Waals surface area contributed by atoms with Crippen molar-refractivity contribution in [3.8, 4) is 23.0 Å². The molecule has 0 aliphatic rings. The maximum Gasteiger partial charge on any atom is 0.242 e. The third kappa shape index (κ3) is 19.8. The summed E-state index contributed by atoms with van der Waals surface area (Å²) < 4.78 is 6.69. The predicted molar refractivity (Wildman–Crippen MR) is 259 cm³/mol. The number of rotatable bonds is 12. The molecule has 0 saturated carbocycles. The van der Waals surface area contributed by atoms with Crippen molar-refractivity contribution in [1.29, 1.82) is 0 Å². The van der Waals surface area contributed by atoms with Crippen molar-refractivity contribution in [3.05, 3.63) is 123 Å². The van der Waals surface area contributed by atoms with Crippen LogP contribution in [0.25, 0.3) is 23.0 Å². The van der Waals surface area contributed by atoms with Crippen molar-refractivity contribution in [3.63, 3.8) is 0 Å². The molecular weight excluding hydrogens is 809 g/mol. The number of pyridine rings is 2. The summed E-state index contributed by atoms with van der Waals surface area (Å²) in [7, 11) is 0. The van der Waals surface area contributed by atoms with Gasteiger partial charge in [-0.3, -0.25) is 4.98 Å². The normalized spacial score (nSPS) is 9.19. The molecule has 20 heteroatoms. The average Bonchev–Trinajstić information content (AvgIpc) is 4.24. The van der Waals surface area contributed by atoms with Gasteiger partial charge in [-0.15, -0.1) is 20.4 Å². The number of nitrogens with one attached hydrogen (secondary N) is 4. The van der Waals surface area contributed by atoms with Gasteiger partial charge in [-0.2, -0.15) is 0 Å². The Bertz CT molecular complexity index is 1900. The third-order valence-corrected chi connectivity index (χ3v) is 6.94. The van der Waals surface area contributed by atoms with Crippen LogP contribution in [0.3, 0.4) is 0 Å². The maximum absolute atomic E-state index is 4.26. The molecule has 8 rings (SSSR count). The Morgan fingerprint density at radius 2 is 0.734 bits per heavy atom. The van der Waals surface area contributed by atoms with Crippen molar-refractivity contribution in [2.45, 2.75) is 83.1 Å². The van der Waals surface area contributed by atoms with Gasteiger partial charge in [0.05, 0.1) is 11.4 Å². The van der Waals surface area contributed by atoms with E-state index in [0.717, 1.165) is 43.4 Å². The minimum Gasteiger partial charge on any atom is -0.353 e. The Hall–Kier alpha value is -7.64. The fourth-order valence-corrected chi connectivity index (χ4v) is 4.46. The number of nitrogens with zero attached hydrogens (tertiary/aromatic N) is 16. The fraction of sp³-hybridized carbons (Fsp3) is 0.364. The summed E-state index contributed by atoms with van der Waals surface area (Å²) in [5.41, 5.74) is 1.97. The van der Waals surface area contributed by atoms with Crippen LogP contribution in [-0.2, 0) is 0 Å². The molecule has 0 unspecified atom stereocenters. The standard InChI is InChI=1S/C10H12N4.2C9H11N5.C8H10N6.4C2H6/c1-2-11-10-12-8-14(13-10)9-6-4-3-5-7-9;1-2-11-9-12-7-14(13-9)8-3-5-10-6-4-8;1-2-10-9-12-7-14(13-9)8-5-3-4-6-11-8;1-2-10-8-12-6-14(13-8)7-3-4-9-5-11-7;4*1-2/h3-8H,2H2,1H3,(H,11,13);3-7H,2H2,1H3,(H,11,13);3-7H,2H2,1H3,(H,10,13);3-6H,2H2,1H3,(H,10,13);4*1-2H3. The molecule has 0 fully saturated rings. The summed E-state index contributed by atoms with van der Waals surface area (Å²) in [4.78, 5) is 32.3. The Kier molecular flexibility index (Phi) is 29.7. The second-order valence-electron chi connectivity index (χ2n) is 11.0. The molecule has 4 N–H and O–H groups in total. The minimum atomic E-state index is 0.603. The van der Waals surface area contributed by atoms with E-state index in [9.17, 15) is 0 Å². The van der Waals surface area contributed by atoms with Gasteiger partial charge < -0.3 is 21.3 Å². The number of benzene rings is 1. The van der Waals surface area contributed by atoms with E-state index < -0.39 is 0 Å². The number of aromatic nitrogens is 16. The van der Waals surface area contributed by atoms with Gasteiger partial charge in [0.2, 0.25) is 23.8 Å². The number of para-hydroxylation sites is 1. The molecule has 0 aliphatic carbocycles. The summed E-state index contributed by atoms with van der Waals surface area (Å²) in [6, 6.07) is 21.1. The van der Waals surface area contributed by atoms with E-state index >= 15 is 0 Å². The van der Waals surface area contributed by atoms with Gasteiger partial charge in [-0.25, -0.2) is 53.6 Å². The molecule has 344 valence electrons. The van der Waals surface area contributed by atoms with Crippen LogP contribution >= 0.6 is 0 Å². The Morgan fingerprint density at radius 1 is 0.359 bits per heavy atom. The third-order valence-electron chi connectivity index (χ3n) is 6.94. The van der Waals surface area contributed by atoms with Gasteiger partial charge in [-0.1, -0.05) is 79.7 Å². The number of hydrogen-bond acceptors (Lipinski definition) is 16. The largest absolute Gasteiger partial charge is 0.353 e. The minimum absolute atomic E-state index is 0.603. The van der Waals surface area contributed by atoms with Gasteiger partial charge in [0.25, 0.3) is 0 Å². The zero-order valence-electron chi connectivity index (χ0n) is 39.5. The smallest absolute Gasteiger partial charge is 0.242 e. The van der Waals surface area contributed by atoms with Crippen molar-refractivity contribution in [1.82, 2.24) is 79.0 Å². The Labute approximate surface area is 378 Å². The summed E-state index contributed by atoms with van der Waals surface area (Å²) >= 11 is 0. The molecule has 0 bridgehead atoms. The lowest BCUT2D eigenvalue weighted by Gasteiger charge is -1.98. The first-order chi connectivity index (χ1) is 31.6. The first-order valence-electron chi connectivity index (χ1n) is 21.9. The van der Waals surface area contributed by atoms with Crippen LogP contribution in [0.15, 0.2) is 123 Å². The van der Waals surface area contributed by atoms with Crippen LogP contribution in [0, 0.1) is 0 Å². The summed E-state index contributed by atoms with van der Waals surface area (Å²) in [6.45, 7) is 27.3. The Balaban J connectivity index is 0.000000405. The SMILES string of the molecule is CC.CC.CC.CC.CCNc1ncn(-c2ccccc2)n1.CCNc1ncn(-c2ccccn2)n1.CCNc1ncn(-c2ccncc2)n1.CCNc1ncn(-c2ccncn2)n1. The highest BCUT2D eigenvalue weighted by Crippen LogP contribution is 2.08. The number of hydrogen-bond donors (Lipinski definition) is 4. The van der Waals surface area contributed by atoms with Crippen LogP contribution in [-0.4, -0.2) is 105 Å². The van der Waals surface area contributed by atoms with Gasteiger partial charge >= 0.3 is 0 Å². The monoisotopic (exact) mass is 877 g/mol. The Morgan fingerprint density at radius 3 is 1.12 bits per heavy atom. The van der Waals surface area contributed by atoms with E-state index in [1.165, 1.54) is 6.33 Å². The summed E-state index contributed by atoms with van der Waals surface area (Å²) in [5, 5.41) is 29.0. The average molecular weight is 877 g/mol. The number of anilines is 4. The fourth-order valence-electron chi connectivity index (χ4n) is 4.46. The van der Waals surface area contributed by atoms with Crippen molar-refractivity contribution < 1.29 is 0 Å². The van der Waals surface area contributed by atoms with Crippen LogP contribution in [0.5, 0.6) is 0 Å². The maximum atomic E-state index is 4.26. The van der Waals surface area contributed by atoms with E-state index in [2.05, 4.69) is 81.5 Å². The molecule has 1 aromatic carbocycles. The molecule has 0 saturated heterocycles. The van der Waals surface area contributed by atoms with Gasteiger partial charge in [0.1, 0.15) is 31.6 Å². The van der Waals surface area contributed by atoms with Crippen LogP contribution in [0.2, 0.25) is 0 Å². The zero-order valence-corrected chi connectivity index (χ0v) is 39.5. The lowest BCUT2D eigenvalue weighted by Crippen LogP contribution is -2.01. The molecule has 8 aromatic rings. The van der Waals surface area contributed by atoms with E-state index in [1.54, 1.807) is 74.9 Å². The summed E-state index contributed by atoms with van der Waals surface area (Å²) in [6.07, 6.45) is 14.9. The van der Waals surface area contributed by atoms with Crippen molar-refractivity contribution in [2.75, 3.05) is 47.4 Å². The molecular formula is C44H68N20. The molecule has 0 spiro atoms. The zero-order chi connectivity index (χ0) is 47.2. The predicted octanol–water partition coefficient (Wildman–Crippen LogP) is 8.48. The highest BCUT2D eigenvalue weighted by molar-refractivity contribution is 5.33. The summed E-state index contributed by atoms with van der Waals surface area (Å²) in [5.74, 6) is 4.01. The molecule has 20 nitrogen and oxygen atoms in total. The molecule has 0 radical (unpaired) electrons.